The Morgan fingerprint density at radius 2 is 2.00 bits per heavy atom. The molecule has 92 valence electrons. The Bertz CT molecular complexity index is 588. The number of benzene rings is 1. The number of aromatic nitrogens is 1. The van der Waals surface area contributed by atoms with Crippen molar-refractivity contribution in [1.82, 2.24) is 5.16 Å². The van der Waals surface area contributed by atoms with Gasteiger partial charge < -0.3 is 4.52 Å². The summed E-state index contributed by atoms with van der Waals surface area (Å²) in [6, 6.07) is 8.66. The molecule has 1 heterocycles. The summed E-state index contributed by atoms with van der Waals surface area (Å²) in [4.78, 5) is 0. The van der Waals surface area contributed by atoms with Gasteiger partial charge in [0.2, 0.25) is 0 Å². The van der Waals surface area contributed by atoms with Crippen molar-refractivity contribution in [1.29, 1.82) is 0 Å². The summed E-state index contributed by atoms with van der Waals surface area (Å²) in [5, 5.41) is 4.08. The van der Waals surface area contributed by atoms with Gasteiger partial charge in [-0.2, -0.15) is 0 Å². The SMILES string of the molecule is Cc1noc(C)c1C1=CCCCc2ccccc21. The van der Waals surface area contributed by atoms with E-state index in [1.807, 2.05) is 13.8 Å². The van der Waals surface area contributed by atoms with Crippen LogP contribution in [0, 0.1) is 13.8 Å². The maximum atomic E-state index is 5.31. The first kappa shape index (κ1) is 11.3. The maximum Gasteiger partial charge on any atom is 0.141 e. The molecule has 2 aromatic rings. The first-order valence-electron chi connectivity index (χ1n) is 6.49. The molecule has 0 spiro atoms. The molecule has 1 aliphatic carbocycles. The van der Waals surface area contributed by atoms with Crippen molar-refractivity contribution in [3.63, 3.8) is 0 Å². The van der Waals surface area contributed by atoms with Gasteiger partial charge in [0.25, 0.3) is 0 Å². The van der Waals surface area contributed by atoms with Crippen molar-refractivity contribution in [2.24, 2.45) is 0 Å². The monoisotopic (exact) mass is 239 g/mol. The number of hydrogen-bond acceptors (Lipinski definition) is 2. The van der Waals surface area contributed by atoms with E-state index < -0.39 is 0 Å². The van der Waals surface area contributed by atoms with E-state index in [0.29, 0.717) is 0 Å². The van der Waals surface area contributed by atoms with Crippen LogP contribution in [0.1, 0.15) is 41.0 Å². The third-order valence-electron chi connectivity index (χ3n) is 3.61. The number of aryl methyl sites for hydroxylation is 3. The number of nitrogens with zero attached hydrogens (tertiary/aromatic N) is 1. The smallest absolute Gasteiger partial charge is 0.141 e. The molecule has 0 amide bonds. The zero-order valence-electron chi connectivity index (χ0n) is 10.9. The molecule has 0 unspecified atom stereocenters. The van der Waals surface area contributed by atoms with Crippen molar-refractivity contribution in [2.45, 2.75) is 33.1 Å². The van der Waals surface area contributed by atoms with E-state index in [1.54, 1.807) is 0 Å². The molecule has 0 atom stereocenters. The quantitative estimate of drug-likeness (QED) is 0.750. The maximum absolute atomic E-state index is 5.31. The van der Waals surface area contributed by atoms with E-state index in [4.69, 9.17) is 4.52 Å². The highest BCUT2D eigenvalue weighted by Crippen LogP contribution is 2.33. The van der Waals surface area contributed by atoms with Crippen LogP contribution in [0.25, 0.3) is 5.57 Å². The fraction of sp³-hybridized carbons (Fsp3) is 0.312. The standard InChI is InChI=1S/C16H17NO/c1-11-16(12(2)18-17-11)15-10-6-4-8-13-7-3-5-9-14(13)15/h3,5,7,9-10H,4,6,8H2,1-2H3. The van der Waals surface area contributed by atoms with Gasteiger partial charge in [0.15, 0.2) is 0 Å². The summed E-state index contributed by atoms with van der Waals surface area (Å²) in [6.07, 6.45) is 5.82. The van der Waals surface area contributed by atoms with Crippen LogP contribution in [0.2, 0.25) is 0 Å². The average molecular weight is 239 g/mol. The summed E-state index contributed by atoms with van der Waals surface area (Å²) < 4.78 is 5.31. The highest BCUT2D eigenvalue weighted by atomic mass is 16.5. The lowest BCUT2D eigenvalue weighted by Gasteiger charge is -2.10. The van der Waals surface area contributed by atoms with E-state index in [0.717, 1.165) is 24.3 Å². The predicted molar refractivity (Wildman–Crippen MR) is 72.4 cm³/mol. The normalized spacial score (nSPS) is 14.9. The van der Waals surface area contributed by atoms with Crippen molar-refractivity contribution in [3.05, 3.63) is 58.5 Å². The molecule has 1 aromatic heterocycles. The summed E-state index contributed by atoms with van der Waals surface area (Å²) in [5.74, 6) is 0.912. The Balaban J connectivity index is 2.21. The van der Waals surface area contributed by atoms with E-state index in [2.05, 4.69) is 35.5 Å². The highest BCUT2D eigenvalue weighted by Gasteiger charge is 2.18. The second-order valence-corrected chi connectivity index (χ2v) is 4.87. The van der Waals surface area contributed by atoms with Gasteiger partial charge in [-0.25, -0.2) is 0 Å². The van der Waals surface area contributed by atoms with E-state index >= 15 is 0 Å². The zero-order valence-corrected chi connectivity index (χ0v) is 10.9. The number of rotatable bonds is 1. The van der Waals surface area contributed by atoms with Gasteiger partial charge in [0, 0.05) is 5.56 Å². The van der Waals surface area contributed by atoms with Crippen LogP contribution in [-0.4, -0.2) is 5.16 Å². The van der Waals surface area contributed by atoms with Crippen LogP contribution in [0.3, 0.4) is 0 Å². The van der Waals surface area contributed by atoms with Crippen LogP contribution >= 0.6 is 0 Å². The van der Waals surface area contributed by atoms with Crippen molar-refractivity contribution in [2.75, 3.05) is 0 Å². The van der Waals surface area contributed by atoms with Crippen LogP contribution in [0.4, 0.5) is 0 Å². The van der Waals surface area contributed by atoms with Gasteiger partial charge in [-0.05, 0) is 49.8 Å². The average Bonchev–Trinajstić information content (AvgIpc) is 2.62. The molecular formula is C16H17NO. The zero-order chi connectivity index (χ0) is 12.5. The molecule has 0 fully saturated rings. The Kier molecular flexibility index (Phi) is 2.78. The third-order valence-corrected chi connectivity index (χ3v) is 3.61. The van der Waals surface area contributed by atoms with Crippen LogP contribution in [0.5, 0.6) is 0 Å². The van der Waals surface area contributed by atoms with E-state index in [9.17, 15) is 0 Å². The summed E-state index contributed by atoms with van der Waals surface area (Å²) >= 11 is 0. The number of fused-ring (bicyclic) bond motifs is 1. The Morgan fingerprint density at radius 3 is 2.78 bits per heavy atom. The van der Waals surface area contributed by atoms with Crippen LogP contribution in [-0.2, 0) is 6.42 Å². The summed E-state index contributed by atoms with van der Waals surface area (Å²) in [6.45, 7) is 4.00. The second kappa shape index (κ2) is 4.45. The number of allylic oxidation sites excluding steroid dienone is 1. The molecule has 1 aliphatic rings. The van der Waals surface area contributed by atoms with Gasteiger partial charge in [0.1, 0.15) is 5.76 Å². The Morgan fingerprint density at radius 1 is 1.17 bits per heavy atom. The molecule has 18 heavy (non-hydrogen) atoms. The minimum atomic E-state index is 0.912. The molecular weight excluding hydrogens is 222 g/mol. The van der Waals surface area contributed by atoms with E-state index in [1.165, 1.54) is 28.7 Å². The molecule has 0 bridgehead atoms. The van der Waals surface area contributed by atoms with Crippen molar-refractivity contribution >= 4 is 5.57 Å². The molecule has 3 rings (SSSR count). The largest absolute Gasteiger partial charge is 0.361 e. The predicted octanol–water partition coefficient (Wildman–Crippen LogP) is 4.06. The van der Waals surface area contributed by atoms with Crippen molar-refractivity contribution in [3.8, 4) is 0 Å². The van der Waals surface area contributed by atoms with Crippen LogP contribution in [0.15, 0.2) is 34.9 Å². The molecule has 0 aliphatic heterocycles. The fourth-order valence-corrected chi connectivity index (χ4v) is 2.75. The molecule has 1 aromatic carbocycles. The van der Waals surface area contributed by atoms with Gasteiger partial charge in [-0.15, -0.1) is 0 Å². The van der Waals surface area contributed by atoms with Crippen molar-refractivity contribution < 1.29 is 4.52 Å². The molecule has 2 heteroatoms. The molecule has 0 saturated heterocycles. The van der Waals surface area contributed by atoms with Gasteiger partial charge in [-0.3, -0.25) is 0 Å². The molecule has 2 nitrogen and oxygen atoms in total. The lowest BCUT2D eigenvalue weighted by Crippen LogP contribution is -1.94. The lowest BCUT2D eigenvalue weighted by molar-refractivity contribution is 0.393. The minimum absolute atomic E-state index is 0.912. The first-order valence-corrected chi connectivity index (χ1v) is 6.49. The lowest BCUT2D eigenvalue weighted by atomic mass is 9.93. The van der Waals surface area contributed by atoms with Gasteiger partial charge in [0.05, 0.1) is 5.69 Å². The highest BCUT2D eigenvalue weighted by molar-refractivity contribution is 5.83. The molecule has 0 saturated carbocycles. The second-order valence-electron chi connectivity index (χ2n) is 4.87. The Labute approximate surface area is 107 Å². The third kappa shape index (κ3) is 1.78. The summed E-state index contributed by atoms with van der Waals surface area (Å²) in [5.41, 5.74) is 6.21. The Hall–Kier alpha value is -1.83. The van der Waals surface area contributed by atoms with E-state index in [-0.39, 0.29) is 0 Å². The minimum Gasteiger partial charge on any atom is -0.361 e. The molecule has 0 N–H and O–H groups in total. The fourth-order valence-electron chi connectivity index (χ4n) is 2.75. The van der Waals surface area contributed by atoms with Gasteiger partial charge >= 0.3 is 0 Å². The molecule has 0 radical (unpaired) electrons. The summed E-state index contributed by atoms with van der Waals surface area (Å²) in [7, 11) is 0. The van der Waals surface area contributed by atoms with Crippen LogP contribution < -0.4 is 0 Å². The number of hydrogen-bond donors (Lipinski definition) is 0. The topological polar surface area (TPSA) is 26.0 Å². The first-order chi connectivity index (χ1) is 8.77. The van der Waals surface area contributed by atoms with Gasteiger partial charge in [-0.1, -0.05) is 35.5 Å².